The van der Waals surface area contributed by atoms with Crippen LogP contribution in [0.15, 0.2) is 76.3 Å². The molecule has 7 nitrogen and oxygen atoms in total. The summed E-state index contributed by atoms with van der Waals surface area (Å²) in [7, 11) is 1.63. The predicted octanol–water partition coefficient (Wildman–Crippen LogP) is 4.56. The van der Waals surface area contributed by atoms with E-state index in [1.807, 2.05) is 77.5 Å². The number of hydrogen-bond acceptors (Lipinski definition) is 7. The highest BCUT2D eigenvalue weighted by atomic mass is 32.2. The van der Waals surface area contributed by atoms with Crippen LogP contribution in [0.25, 0.3) is 17.1 Å². The van der Waals surface area contributed by atoms with E-state index in [4.69, 9.17) is 4.74 Å². The second-order valence-corrected chi connectivity index (χ2v) is 8.65. The molecule has 1 N–H and O–H groups in total. The van der Waals surface area contributed by atoms with Gasteiger partial charge in [-0.3, -0.25) is 9.36 Å². The molecule has 1 amide bonds. The molecule has 0 fully saturated rings. The Bertz CT molecular complexity index is 1220. The molecule has 162 valence electrons. The molecule has 2 aromatic heterocycles. The summed E-state index contributed by atoms with van der Waals surface area (Å²) in [5, 5.41) is 15.4. The van der Waals surface area contributed by atoms with Crippen LogP contribution in [0, 0.1) is 6.92 Å². The molecule has 9 heteroatoms. The SMILES string of the molecule is COc1ccc(-n2c(SCC(=O)NN=Cc3sccc3C)nnc2-c2ccccc2)cc1. The van der Waals surface area contributed by atoms with Crippen LogP contribution in [0.5, 0.6) is 5.75 Å². The number of thiophene rings is 1. The Balaban J connectivity index is 1.53. The van der Waals surface area contributed by atoms with E-state index in [-0.39, 0.29) is 11.7 Å². The molecule has 0 saturated carbocycles. The molecule has 4 rings (SSSR count). The van der Waals surface area contributed by atoms with Gasteiger partial charge < -0.3 is 4.74 Å². The molecule has 0 aliphatic rings. The molecule has 0 aliphatic heterocycles. The monoisotopic (exact) mass is 463 g/mol. The smallest absolute Gasteiger partial charge is 0.250 e. The van der Waals surface area contributed by atoms with Gasteiger partial charge in [-0.25, -0.2) is 5.43 Å². The Morgan fingerprint density at radius 1 is 1.16 bits per heavy atom. The first-order valence-electron chi connectivity index (χ1n) is 9.80. The van der Waals surface area contributed by atoms with Crippen molar-refractivity contribution in [2.45, 2.75) is 12.1 Å². The highest BCUT2D eigenvalue weighted by Gasteiger charge is 2.17. The van der Waals surface area contributed by atoms with Crippen molar-refractivity contribution >= 4 is 35.2 Å². The number of nitrogens with zero attached hydrogens (tertiary/aromatic N) is 4. The van der Waals surface area contributed by atoms with Crippen molar-refractivity contribution in [3.8, 4) is 22.8 Å². The number of aryl methyl sites for hydroxylation is 1. The van der Waals surface area contributed by atoms with Crippen LogP contribution in [0.4, 0.5) is 0 Å². The number of thioether (sulfide) groups is 1. The van der Waals surface area contributed by atoms with E-state index >= 15 is 0 Å². The molecule has 0 saturated heterocycles. The molecule has 2 aromatic carbocycles. The zero-order valence-corrected chi connectivity index (χ0v) is 19.2. The number of hydrazone groups is 1. The second-order valence-electron chi connectivity index (χ2n) is 6.76. The van der Waals surface area contributed by atoms with Crippen LogP contribution >= 0.6 is 23.1 Å². The minimum Gasteiger partial charge on any atom is -0.497 e. The first-order valence-corrected chi connectivity index (χ1v) is 11.7. The van der Waals surface area contributed by atoms with Gasteiger partial charge in [-0.2, -0.15) is 5.10 Å². The lowest BCUT2D eigenvalue weighted by molar-refractivity contribution is -0.118. The minimum atomic E-state index is -0.217. The molecule has 0 atom stereocenters. The third-order valence-electron chi connectivity index (χ3n) is 4.60. The number of benzene rings is 2. The van der Waals surface area contributed by atoms with Crippen molar-refractivity contribution in [1.29, 1.82) is 0 Å². The number of carbonyl (C=O) groups is 1. The number of rotatable bonds is 8. The van der Waals surface area contributed by atoms with E-state index in [9.17, 15) is 4.79 Å². The Kier molecular flexibility index (Phi) is 6.98. The summed E-state index contributed by atoms with van der Waals surface area (Å²) in [5.41, 5.74) is 5.51. The molecular weight excluding hydrogens is 442 g/mol. The molecule has 32 heavy (non-hydrogen) atoms. The van der Waals surface area contributed by atoms with Crippen molar-refractivity contribution in [1.82, 2.24) is 20.2 Å². The molecule has 0 unspecified atom stereocenters. The third-order valence-corrected chi connectivity index (χ3v) is 6.48. The summed E-state index contributed by atoms with van der Waals surface area (Å²) in [4.78, 5) is 13.3. The van der Waals surface area contributed by atoms with E-state index in [0.717, 1.165) is 27.4 Å². The van der Waals surface area contributed by atoms with Crippen LogP contribution < -0.4 is 10.2 Å². The Labute approximate surface area is 194 Å². The summed E-state index contributed by atoms with van der Waals surface area (Å²) in [6, 6.07) is 19.5. The maximum atomic E-state index is 12.3. The van der Waals surface area contributed by atoms with E-state index < -0.39 is 0 Å². The van der Waals surface area contributed by atoms with Crippen LogP contribution in [-0.4, -0.2) is 39.7 Å². The van der Waals surface area contributed by atoms with Crippen LogP contribution in [0.1, 0.15) is 10.4 Å². The summed E-state index contributed by atoms with van der Waals surface area (Å²) < 4.78 is 7.21. The van der Waals surface area contributed by atoms with Crippen molar-refractivity contribution in [2.75, 3.05) is 12.9 Å². The second kappa shape index (κ2) is 10.3. The molecular formula is C23H21N5O2S2. The third kappa shape index (κ3) is 5.06. The van der Waals surface area contributed by atoms with Crippen molar-refractivity contribution in [2.24, 2.45) is 5.10 Å². The largest absolute Gasteiger partial charge is 0.497 e. The van der Waals surface area contributed by atoms with Crippen molar-refractivity contribution in [3.63, 3.8) is 0 Å². The summed E-state index contributed by atoms with van der Waals surface area (Å²) >= 11 is 2.88. The quantitative estimate of drug-likeness (QED) is 0.235. The number of amides is 1. The van der Waals surface area contributed by atoms with Gasteiger partial charge in [0, 0.05) is 16.1 Å². The number of hydrogen-bond donors (Lipinski definition) is 1. The molecule has 4 aromatic rings. The standard InChI is InChI=1S/C23H21N5O2S2/c1-16-12-13-31-20(16)14-24-25-21(29)15-32-23-27-26-22(17-6-4-3-5-7-17)28(23)18-8-10-19(30-2)11-9-18/h3-14H,15H2,1-2H3,(H,25,29). The van der Waals surface area contributed by atoms with Crippen molar-refractivity contribution < 1.29 is 9.53 Å². The van der Waals surface area contributed by atoms with E-state index in [2.05, 4.69) is 20.7 Å². The number of nitrogens with one attached hydrogen (secondary N) is 1. The average Bonchev–Trinajstić information content (AvgIpc) is 3.44. The van der Waals surface area contributed by atoms with E-state index in [1.54, 1.807) is 24.7 Å². The predicted molar refractivity (Wildman–Crippen MR) is 129 cm³/mol. The van der Waals surface area contributed by atoms with Gasteiger partial charge in [-0.05, 0) is 48.2 Å². The number of ether oxygens (including phenoxy) is 1. The summed E-state index contributed by atoms with van der Waals surface area (Å²) in [5.74, 6) is 1.40. The van der Waals surface area contributed by atoms with Gasteiger partial charge in [-0.1, -0.05) is 42.1 Å². The van der Waals surface area contributed by atoms with Gasteiger partial charge in [0.2, 0.25) is 0 Å². The fourth-order valence-corrected chi connectivity index (χ4v) is 4.47. The normalized spacial score (nSPS) is 11.1. The lowest BCUT2D eigenvalue weighted by atomic mass is 10.2. The Morgan fingerprint density at radius 3 is 2.62 bits per heavy atom. The van der Waals surface area contributed by atoms with Gasteiger partial charge in [-0.15, -0.1) is 21.5 Å². The topological polar surface area (TPSA) is 81.4 Å². The van der Waals surface area contributed by atoms with E-state index in [1.165, 1.54) is 11.8 Å². The van der Waals surface area contributed by atoms with E-state index in [0.29, 0.717) is 11.0 Å². The highest BCUT2D eigenvalue weighted by molar-refractivity contribution is 7.99. The maximum absolute atomic E-state index is 12.3. The molecule has 0 radical (unpaired) electrons. The fraction of sp³-hybridized carbons (Fsp3) is 0.130. The average molecular weight is 464 g/mol. The molecule has 2 heterocycles. The van der Waals surface area contributed by atoms with Gasteiger partial charge in [0.15, 0.2) is 11.0 Å². The van der Waals surface area contributed by atoms with Gasteiger partial charge >= 0.3 is 0 Å². The Morgan fingerprint density at radius 2 is 1.94 bits per heavy atom. The van der Waals surface area contributed by atoms with Gasteiger partial charge in [0.05, 0.1) is 19.1 Å². The van der Waals surface area contributed by atoms with Gasteiger partial charge in [0.1, 0.15) is 5.75 Å². The lowest BCUT2D eigenvalue weighted by Crippen LogP contribution is -2.20. The number of carbonyl (C=O) groups excluding carboxylic acids is 1. The molecule has 0 aliphatic carbocycles. The zero-order chi connectivity index (χ0) is 22.3. The highest BCUT2D eigenvalue weighted by Crippen LogP contribution is 2.28. The summed E-state index contributed by atoms with van der Waals surface area (Å²) in [6.07, 6.45) is 1.66. The van der Waals surface area contributed by atoms with Crippen molar-refractivity contribution in [3.05, 3.63) is 76.5 Å². The summed E-state index contributed by atoms with van der Waals surface area (Å²) in [6.45, 7) is 2.01. The number of methoxy groups -OCH3 is 1. The Hall–Kier alpha value is -3.43. The molecule has 0 bridgehead atoms. The first kappa shape index (κ1) is 21.8. The zero-order valence-electron chi connectivity index (χ0n) is 17.6. The lowest BCUT2D eigenvalue weighted by Gasteiger charge is -2.11. The molecule has 0 spiro atoms. The minimum absolute atomic E-state index is 0.157. The fourth-order valence-electron chi connectivity index (χ4n) is 2.94. The van der Waals surface area contributed by atoms with Crippen LogP contribution in [-0.2, 0) is 4.79 Å². The maximum Gasteiger partial charge on any atom is 0.250 e. The van der Waals surface area contributed by atoms with Crippen LogP contribution in [0.3, 0.4) is 0 Å². The van der Waals surface area contributed by atoms with Crippen LogP contribution in [0.2, 0.25) is 0 Å². The van der Waals surface area contributed by atoms with Gasteiger partial charge in [0.25, 0.3) is 5.91 Å². The number of aromatic nitrogens is 3. The first-order chi connectivity index (χ1) is 15.7.